The Balaban J connectivity index is 1.32. The zero-order valence-electron chi connectivity index (χ0n) is 28.4. The molecule has 0 radical (unpaired) electrons. The molecule has 1 aromatic carbocycles. The maximum absolute atomic E-state index is 14.0. The van der Waals surface area contributed by atoms with Crippen molar-refractivity contribution in [2.45, 2.75) is 76.7 Å². The molecule has 49 heavy (non-hydrogen) atoms. The van der Waals surface area contributed by atoms with Crippen molar-refractivity contribution in [3.05, 3.63) is 83.5 Å². The predicted octanol–water partition coefficient (Wildman–Crippen LogP) is 2.25. The molecule has 2 saturated heterocycles. The van der Waals surface area contributed by atoms with E-state index >= 15 is 0 Å². The number of pyridine rings is 1. The van der Waals surface area contributed by atoms with Gasteiger partial charge in [0.05, 0.1) is 32.4 Å². The van der Waals surface area contributed by atoms with Crippen molar-refractivity contribution in [3.8, 4) is 0 Å². The number of aryl methyl sites for hydroxylation is 1. The lowest BCUT2D eigenvalue weighted by molar-refractivity contribution is -0.133. The number of benzene rings is 1. The summed E-state index contributed by atoms with van der Waals surface area (Å²) in [6.45, 7) is 9.19. The van der Waals surface area contributed by atoms with Crippen LogP contribution in [0, 0.1) is 5.92 Å². The minimum atomic E-state index is -1.05. The van der Waals surface area contributed by atoms with E-state index in [-0.39, 0.29) is 30.2 Å². The molecule has 3 N–H and O–H groups in total. The smallest absolute Gasteiger partial charge is 0.274 e. The number of carbonyl (C=O) groups excluding carboxylic acids is 4. The fourth-order valence-corrected chi connectivity index (χ4v) is 5.76. The number of morpholine rings is 1. The van der Waals surface area contributed by atoms with Crippen molar-refractivity contribution in [3.63, 3.8) is 0 Å². The lowest BCUT2D eigenvalue weighted by atomic mass is 9.93. The minimum absolute atomic E-state index is 0.0534. The van der Waals surface area contributed by atoms with E-state index in [0.717, 1.165) is 24.2 Å². The number of ether oxygens (including phenoxy) is 2. The lowest BCUT2D eigenvalue weighted by Crippen LogP contribution is -2.57. The molecule has 0 spiro atoms. The fraction of sp³-hybridized carbons (Fsp3) is 0.500. The Morgan fingerprint density at radius 2 is 1.57 bits per heavy atom. The van der Waals surface area contributed by atoms with Gasteiger partial charge in [0.2, 0.25) is 11.8 Å². The maximum atomic E-state index is 14.0. The molecule has 0 aliphatic carbocycles. The number of nitrogens with zero attached hydrogens (tertiary/aromatic N) is 3. The molecule has 0 bridgehead atoms. The van der Waals surface area contributed by atoms with Crippen molar-refractivity contribution in [1.82, 2.24) is 31.0 Å². The maximum Gasteiger partial charge on any atom is 0.274 e. The molecule has 3 aromatic rings. The normalized spacial score (nSPS) is 19.4. The first-order valence-electron chi connectivity index (χ1n) is 16.9. The summed E-state index contributed by atoms with van der Waals surface area (Å²) in [5.74, 6) is -1.17. The third kappa shape index (κ3) is 10.5. The lowest BCUT2D eigenvalue weighted by Gasteiger charge is -2.26. The molecule has 5 rings (SSSR count). The summed E-state index contributed by atoms with van der Waals surface area (Å²) in [7, 11) is 0. The highest BCUT2D eigenvalue weighted by molar-refractivity contribution is 5.99. The van der Waals surface area contributed by atoms with Gasteiger partial charge in [0.25, 0.3) is 5.91 Å². The number of hydrogen-bond acceptors (Lipinski definition) is 10. The van der Waals surface area contributed by atoms with Crippen LogP contribution in [-0.4, -0.2) is 95.2 Å². The summed E-state index contributed by atoms with van der Waals surface area (Å²) >= 11 is 0. The Labute approximate surface area is 286 Å². The van der Waals surface area contributed by atoms with Crippen LogP contribution in [0.1, 0.15) is 61.0 Å². The Bertz CT molecular complexity index is 1550. The van der Waals surface area contributed by atoms with Crippen LogP contribution in [0.15, 0.2) is 65.4 Å². The van der Waals surface area contributed by atoms with Crippen LogP contribution < -0.4 is 16.0 Å². The Morgan fingerprint density at radius 3 is 2.24 bits per heavy atom. The summed E-state index contributed by atoms with van der Waals surface area (Å²) in [6.07, 6.45) is 4.52. The molecular weight excluding hydrogens is 628 g/mol. The van der Waals surface area contributed by atoms with Crippen LogP contribution in [0.25, 0.3) is 0 Å². The molecule has 2 aliphatic rings. The van der Waals surface area contributed by atoms with Gasteiger partial charge < -0.3 is 29.9 Å². The van der Waals surface area contributed by atoms with Gasteiger partial charge in [-0.1, -0.05) is 49.3 Å². The van der Waals surface area contributed by atoms with E-state index in [1.54, 1.807) is 37.5 Å². The van der Waals surface area contributed by atoms with E-state index in [9.17, 15) is 19.2 Å². The van der Waals surface area contributed by atoms with Gasteiger partial charge in [0.15, 0.2) is 17.2 Å². The van der Waals surface area contributed by atoms with E-state index in [4.69, 9.17) is 14.0 Å². The monoisotopic (exact) mass is 674 g/mol. The molecule has 2 fully saturated rings. The number of carbonyl (C=O) groups is 4. The van der Waals surface area contributed by atoms with Crippen LogP contribution in [0.2, 0.25) is 0 Å². The van der Waals surface area contributed by atoms with Gasteiger partial charge >= 0.3 is 0 Å². The average molecular weight is 675 g/mol. The predicted molar refractivity (Wildman–Crippen MR) is 179 cm³/mol. The van der Waals surface area contributed by atoms with Gasteiger partial charge in [-0.25, -0.2) is 0 Å². The number of hydrogen-bond donors (Lipinski definition) is 3. The second-order valence-electron chi connectivity index (χ2n) is 13.3. The molecule has 3 amide bonds. The third-order valence-corrected chi connectivity index (χ3v) is 8.72. The first-order chi connectivity index (χ1) is 23.6. The minimum Gasteiger partial charge on any atom is -0.379 e. The molecule has 13 heteroatoms. The van der Waals surface area contributed by atoms with E-state index in [1.807, 2.05) is 44.2 Å². The number of ketones is 1. The third-order valence-electron chi connectivity index (χ3n) is 8.72. The first kappa shape index (κ1) is 35.8. The van der Waals surface area contributed by atoms with Gasteiger partial charge in [0.1, 0.15) is 17.7 Å². The highest BCUT2D eigenvalue weighted by atomic mass is 16.6. The number of aromatic nitrogens is 2. The summed E-state index contributed by atoms with van der Waals surface area (Å²) in [6, 6.07) is 11.9. The number of epoxide rings is 1. The highest BCUT2D eigenvalue weighted by Crippen LogP contribution is 2.29. The van der Waals surface area contributed by atoms with Gasteiger partial charge in [-0.2, -0.15) is 0 Å². The van der Waals surface area contributed by atoms with Crippen molar-refractivity contribution < 1.29 is 33.2 Å². The molecular formula is C36H46N6O7. The topological polar surface area (TPSA) is 168 Å². The fourth-order valence-electron chi connectivity index (χ4n) is 5.76. The SMILES string of the molecule is CC(C)C[C@@H](NC(=O)[C@@H](Cc1ccncc1)NC(=O)[C@@H](CCc1ccccc1)NC(=O)c1cc(CN2CCOCC2)on1)C(=O)[C@]1(C)CO1. The van der Waals surface area contributed by atoms with Crippen LogP contribution in [0.5, 0.6) is 0 Å². The number of nitrogens with one attached hydrogen (secondary N) is 3. The molecule has 4 atom stereocenters. The van der Waals surface area contributed by atoms with Crippen LogP contribution in [0.4, 0.5) is 0 Å². The number of amides is 3. The van der Waals surface area contributed by atoms with E-state index < -0.39 is 41.4 Å². The molecule has 262 valence electrons. The quantitative estimate of drug-likeness (QED) is 0.181. The molecule has 0 saturated carbocycles. The van der Waals surface area contributed by atoms with Crippen molar-refractivity contribution in [2.24, 2.45) is 5.92 Å². The van der Waals surface area contributed by atoms with Crippen LogP contribution in [-0.2, 0) is 43.2 Å². The molecule has 2 aromatic heterocycles. The summed E-state index contributed by atoms with van der Waals surface area (Å²) in [5, 5.41) is 12.6. The van der Waals surface area contributed by atoms with Crippen molar-refractivity contribution >= 4 is 23.5 Å². The van der Waals surface area contributed by atoms with Crippen LogP contribution >= 0.6 is 0 Å². The molecule has 4 heterocycles. The van der Waals surface area contributed by atoms with Crippen molar-refractivity contribution in [2.75, 3.05) is 32.9 Å². The molecule has 2 aliphatic heterocycles. The van der Waals surface area contributed by atoms with Gasteiger partial charge in [0, 0.05) is 38.0 Å². The standard InChI is InChI=1S/C36H46N6O7/c1-24(2)19-29(32(43)36(3)23-48-36)39-34(45)30(20-26-11-13-37-14-12-26)40-33(44)28(10-9-25-7-5-4-6-8-25)38-35(46)31-21-27(49-41-31)22-42-15-17-47-18-16-42/h4-8,11-14,21,24,28-30H,9-10,15-20,22-23H2,1-3H3,(H,38,46)(H,39,45)(H,40,44)/t28-,29-,30-,36+/m1/s1. The van der Waals surface area contributed by atoms with Gasteiger partial charge in [-0.3, -0.25) is 29.1 Å². The van der Waals surface area contributed by atoms with E-state index in [2.05, 4.69) is 31.0 Å². The largest absolute Gasteiger partial charge is 0.379 e. The second-order valence-corrected chi connectivity index (χ2v) is 13.3. The zero-order chi connectivity index (χ0) is 34.8. The van der Waals surface area contributed by atoms with Gasteiger partial charge in [-0.15, -0.1) is 0 Å². The van der Waals surface area contributed by atoms with E-state index in [0.29, 0.717) is 45.0 Å². The molecule has 0 unspecified atom stereocenters. The van der Waals surface area contributed by atoms with Gasteiger partial charge in [-0.05, 0) is 55.4 Å². The Hall–Kier alpha value is -4.46. The average Bonchev–Trinajstić information content (AvgIpc) is 3.68. The second kappa shape index (κ2) is 16.8. The van der Waals surface area contributed by atoms with E-state index in [1.165, 1.54) is 0 Å². The summed E-state index contributed by atoms with van der Waals surface area (Å²) in [4.78, 5) is 60.8. The summed E-state index contributed by atoms with van der Waals surface area (Å²) < 4.78 is 16.2. The number of Topliss-reactive ketones (excluding diaryl/α,β-unsaturated/α-hetero) is 1. The Kier molecular flexibility index (Phi) is 12.3. The first-order valence-corrected chi connectivity index (χ1v) is 16.9. The van der Waals surface area contributed by atoms with Crippen LogP contribution in [0.3, 0.4) is 0 Å². The molecule has 13 nitrogen and oxygen atoms in total. The number of rotatable bonds is 17. The zero-order valence-corrected chi connectivity index (χ0v) is 28.4. The Morgan fingerprint density at radius 1 is 0.898 bits per heavy atom. The summed E-state index contributed by atoms with van der Waals surface area (Å²) in [5.41, 5.74) is 0.880. The highest BCUT2D eigenvalue weighted by Gasteiger charge is 2.50. The van der Waals surface area contributed by atoms with Crippen molar-refractivity contribution in [1.29, 1.82) is 0 Å².